The first kappa shape index (κ1) is 16.0. The molecule has 1 aliphatic heterocycles. The molecule has 0 radical (unpaired) electrons. The normalized spacial score (nSPS) is 17.1. The molecule has 1 aromatic heterocycles. The van der Waals surface area contributed by atoms with Crippen molar-refractivity contribution < 1.29 is 14.3 Å². The van der Waals surface area contributed by atoms with E-state index >= 15 is 0 Å². The molecule has 3 rings (SSSR count). The lowest BCUT2D eigenvalue weighted by Crippen LogP contribution is -2.31. The molecule has 5 heteroatoms. The topological polar surface area (TPSA) is 72.2 Å². The van der Waals surface area contributed by atoms with Crippen LogP contribution in [0.2, 0.25) is 0 Å². The van der Waals surface area contributed by atoms with E-state index in [0.717, 1.165) is 17.1 Å². The Morgan fingerprint density at radius 3 is 3.04 bits per heavy atom. The second-order valence-corrected chi connectivity index (χ2v) is 5.63. The molecule has 0 saturated carbocycles. The second-order valence-electron chi connectivity index (χ2n) is 5.63. The second kappa shape index (κ2) is 7.14. The number of hydrogen-bond acceptors (Lipinski definition) is 5. The summed E-state index contributed by atoms with van der Waals surface area (Å²) < 4.78 is 11.2. The lowest BCUT2D eigenvalue weighted by molar-refractivity contribution is -0.124. The van der Waals surface area contributed by atoms with Crippen molar-refractivity contribution in [2.24, 2.45) is 5.92 Å². The number of carbonyl (C=O) groups excluding carboxylic acids is 1. The fourth-order valence-electron chi connectivity index (χ4n) is 2.87. The highest BCUT2D eigenvalue weighted by Crippen LogP contribution is 2.33. The number of carbonyl (C=O) groups is 1. The van der Waals surface area contributed by atoms with Gasteiger partial charge in [0, 0.05) is 6.20 Å². The maximum atomic E-state index is 12.8. The van der Waals surface area contributed by atoms with Crippen LogP contribution in [0.4, 0.5) is 0 Å². The number of benzene rings is 1. The number of fused-ring (bicyclic) bond motifs is 1. The van der Waals surface area contributed by atoms with Crippen LogP contribution in [-0.2, 0) is 11.2 Å². The van der Waals surface area contributed by atoms with E-state index in [-0.39, 0.29) is 18.3 Å². The van der Waals surface area contributed by atoms with Crippen molar-refractivity contribution in [1.29, 1.82) is 5.26 Å². The van der Waals surface area contributed by atoms with E-state index in [0.29, 0.717) is 18.7 Å². The summed E-state index contributed by atoms with van der Waals surface area (Å²) in [5.74, 6) is 0.157. The molecular weight excluding hydrogens is 304 g/mol. The number of nitrogens with zero attached hydrogens (tertiary/aromatic N) is 2. The van der Waals surface area contributed by atoms with E-state index < -0.39 is 5.92 Å². The van der Waals surface area contributed by atoms with E-state index in [4.69, 9.17) is 9.47 Å². The molecule has 24 heavy (non-hydrogen) atoms. The van der Waals surface area contributed by atoms with Crippen molar-refractivity contribution >= 4 is 5.78 Å². The standard InChI is InChI=1S/C19H18N2O3/c1-2-23-15-6-7-18-13(10-15)9-14(12-24-18)19(22)16(11-20)17-5-3-4-8-21-17/h3-8,10,14,16H,2,9,12H2,1H3/t14-,16+/m1/s1. The Morgan fingerprint density at radius 2 is 2.33 bits per heavy atom. The van der Waals surface area contributed by atoms with E-state index in [2.05, 4.69) is 11.1 Å². The van der Waals surface area contributed by atoms with Crippen LogP contribution < -0.4 is 9.47 Å². The van der Waals surface area contributed by atoms with Gasteiger partial charge in [0.25, 0.3) is 0 Å². The zero-order valence-electron chi connectivity index (χ0n) is 13.4. The zero-order chi connectivity index (χ0) is 16.9. The molecule has 0 fully saturated rings. The van der Waals surface area contributed by atoms with Crippen LogP contribution in [0.25, 0.3) is 0 Å². The van der Waals surface area contributed by atoms with Gasteiger partial charge >= 0.3 is 0 Å². The maximum absolute atomic E-state index is 12.8. The largest absolute Gasteiger partial charge is 0.494 e. The summed E-state index contributed by atoms with van der Waals surface area (Å²) in [4.78, 5) is 16.9. The number of rotatable bonds is 5. The Kier molecular flexibility index (Phi) is 4.76. The summed E-state index contributed by atoms with van der Waals surface area (Å²) in [5.41, 5.74) is 1.42. The molecule has 122 valence electrons. The van der Waals surface area contributed by atoms with Gasteiger partial charge in [-0.25, -0.2) is 0 Å². The number of nitriles is 1. The van der Waals surface area contributed by atoms with Crippen LogP contribution in [-0.4, -0.2) is 24.0 Å². The van der Waals surface area contributed by atoms with Gasteiger partial charge in [0.1, 0.15) is 17.4 Å². The molecule has 5 nitrogen and oxygen atoms in total. The van der Waals surface area contributed by atoms with Gasteiger partial charge in [-0.15, -0.1) is 0 Å². The molecule has 1 aromatic carbocycles. The number of ketones is 1. The van der Waals surface area contributed by atoms with E-state index in [1.807, 2.05) is 25.1 Å². The highest BCUT2D eigenvalue weighted by molar-refractivity contribution is 5.90. The summed E-state index contributed by atoms with van der Waals surface area (Å²) in [5, 5.41) is 9.42. The first-order valence-electron chi connectivity index (χ1n) is 7.95. The van der Waals surface area contributed by atoms with Crippen LogP contribution in [0.5, 0.6) is 11.5 Å². The van der Waals surface area contributed by atoms with Crippen molar-refractivity contribution in [3.8, 4) is 17.6 Å². The third-order valence-corrected chi connectivity index (χ3v) is 4.05. The van der Waals surface area contributed by atoms with Crippen LogP contribution in [0, 0.1) is 17.2 Å². The molecule has 0 aliphatic carbocycles. The number of ether oxygens (including phenoxy) is 2. The minimum absolute atomic E-state index is 0.149. The molecule has 2 aromatic rings. The predicted octanol–water partition coefficient (Wildman–Crippen LogP) is 2.91. The Balaban J connectivity index is 1.80. The average Bonchev–Trinajstić information content (AvgIpc) is 2.63. The predicted molar refractivity (Wildman–Crippen MR) is 87.9 cm³/mol. The summed E-state index contributed by atoms with van der Waals surface area (Å²) in [6.07, 6.45) is 2.13. The molecule has 0 saturated heterocycles. The Morgan fingerprint density at radius 1 is 1.46 bits per heavy atom. The number of Topliss-reactive ketones (excluding diaryl/α,β-unsaturated/α-hetero) is 1. The van der Waals surface area contributed by atoms with Gasteiger partial charge in [-0.1, -0.05) is 6.07 Å². The average molecular weight is 322 g/mol. The van der Waals surface area contributed by atoms with Gasteiger partial charge in [-0.3, -0.25) is 9.78 Å². The maximum Gasteiger partial charge on any atom is 0.162 e. The monoisotopic (exact) mass is 322 g/mol. The number of aromatic nitrogens is 1. The Bertz CT molecular complexity index is 768. The Labute approximate surface area is 140 Å². The van der Waals surface area contributed by atoms with Crippen molar-refractivity contribution in [3.63, 3.8) is 0 Å². The van der Waals surface area contributed by atoms with Crippen LogP contribution in [0.15, 0.2) is 42.6 Å². The number of hydrogen-bond donors (Lipinski definition) is 0. The molecule has 2 heterocycles. The lowest BCUT2D eigenvalue weighted by atomic mass is 9.86. The van der Waals surface area contributed by atoms with E-state index in [1.165, 1.54) is 0 Å². The highest BCUT2D eigenvalue weighted by atomic mass is 16.5. The SMILES string of the molecule is CCOc1ccc2c(c1)C[C@@H](C(=O)[C@@H](C#N)c1ccccn1)CO2. The van der Waals surface area contributed by atoms with Gasteiger partial charge in [-0.2, -0.15) is 5.26 Å². The summed E-state index contributed by atoms with van der Waals surface area (Å²) in [7, 11) is 0. The van der Waals surface area contributed by atoms with Crippen LogP contribution in [0.1, 0.15) is 24.1 Å². The van der Waals surface area contributed by atoms with Crippen molar-refractivity contribution in [1.82, 2.24) is 4.98 Å². The molecule has 0 N–H and O–H groups in total. The molecule has 0 amide bonds. The van der Waals surface area contributed by atoms with E-state index in [1.54, 1.807) is 24.4 Å². The molecular formula is C19H18N2O3. The highest BCUT2D eigenvalue weighted by Gasteiger charge is 2.33. The van der Waals surface area contributed by atoms with E-state index in [9.17, 15) is 10.1 Å². The first-order valence-corrected chi connectivity index (χ1v) is 7.95. The lowest BCUT2D eigenvalue weighted by Gasteiger charge is -2.26. The zero-order valence-corrected chi connectivity index (χ0v) is 13.4. The van der Waals surface area contributed by atoms with Gasteiger partial charge in [-0.05, 0) is 49.2 Å². The number of pyridine rings is 1. The van der Waals surface area contributed by atoms with Crippen molar-refractivity contribution in [2.75, 3.05) is 13.2 Å². The first-order chi connectivity index (χ1) is 11.7. The molecule has 0 unspecified atom stereocenters. The fraction of sp³-hybridized carbons (Fsp3) is 0.316. The Hall–Kier alpha value is -2.87. The van der Waals surface area contributed by atoms with Crippen molar-refractivity contribution in [2.45, 2.75) is 19.3 Å². The van der Waals surface area contributed by atoms with Gasteiger partial charge < -0.3 is 9.47 Å². The van der Waals surface area contributed by atoms with Crippen LogP contribution >= 0.6 is 0 Å². The third-order valence-electron chi connectivity index (χ3n) is 4.05. The summed E-state index contributed by atoms with van der Waals surface area (Å²) in [6.45, 7) is 2.79. The molecule has 1 aliphatic rings. The quantitative estimate of drug-likeness (QED) is 0.846. The molecule has 2 atom stereocenters. The van der Waals surface area contributed by atoms with Crippen molar-refractivity contribution in [3.05, 3.63) is 53.9 Å². The fourth-order valence-corrected chi connectivity index (χ4v) is 2.87. The summed E-state index contributed by atoms with van der Waals surface area (Å²) >= 11 is 0. The van der Waals surface area contributed by atoms with Crippen LogP contribution in [0.3, 0.4) is 0 Å². The van der Waals surface area contributed by atoms with Gasteiger partial charge in [0.2, 0.25) is 0 Å². The van der Waals surface area contributed by atoms with Gasteiger partial charge in [0.05, 0.1) is 30.9 Å². The molecule has 0 bridgehead atoms. The van der Waals surface area contributed by atoms with Gasteiger partial charge in [0.15, 0.2) is 5.78 Å². The third kappa shape index (κ3) is 3.23. The molecule has 0 spiro atoms. The minimum Gasteiger partial charge on any atom is -0.494 e. The summed E-state index contributed by atoms with van der Waals surface area (Å²) in [6, 6.07) is 12.9. The minimum atomic E-state index is -0.864. The smallest absolute Gasteiger partial charge is 0.162 e.